The van der Waals surface area contributed by atoms with Crippen molar-refractivity contribution >= 4 is 21.6 Å². The van der Waals surface area contributed by atoms with E-state index in [1.807, 2.05) is 13.8 Å². The zero-order chi connectivity index (χ0) is 18.9. The van der Waals surface area contributed by atoms with Gasteiger partial charge in [-0.15, -0.1) is 0 Å². The van der Waals surface area contributed by atoms with Gasteiger partial charge in [0, 0.05) is 17.7 Å². The van der Waals surface area contributed by atoms with E-state index < -0.39 is 10.0 Å². The summed E-state index contributed by atoms with van der Waals surface area (Å²) in [6.07, 6.45) is 0. The number of sulfonamides is 1. The number of rotatable bonds is 5. The second-order valence-electron chi connectivity index (χ2n) is 6.28. The number of nitrogens with one attached hydrogen (secondary N) is 2. The minimum absolute atomic E-state index is 0.00896. The monoisotopic (exact) mass is 376 g/mol. The Morgan fingerprint density at radius 3 is 2.54 bits per heavy atom. The smallest absolute Gasteiger partial charge is 0.261 e. The van der Waals surface area contributed by atoms with Gasteiger partial charge in [0.1, 0.15) is 0 Å². The van der Waals surface area contributed by atoms with E-state index in [2.05, 4.69) is 10.0 Å². The Morgan fingerprint density at radius 1 is 1.08 bits per heavy atom. The first kappa shape index (κ1) is 18.1. The third-order valence-corrected chi connectivity index (χ3v) is 5.19. The number of fused-ring (bicyclic) bond motifs is 1. The number of hydrogen-bond donors (Lipinski definition) is 2. The molecule has 2 N–H and O–H groups in total. The molecule has 8 heteroatoms. The Kier molecular flexibility index (Phi) is 4.78. The van der Waals surface area contributed by atoms with Crippen LogP contribution in [0.3, 0.4) is 0 Å². The molecule has 0 radical (unpaired) electrons. The molecule has 0 saturated heterocycles. The third kappa shape index (κ3) is 3.75. The fourth-order valence-electron chi connectivity index (χ4n) is 2.53. The Balaban J connectivity index is 1.88. The topological polar surface area (TPSA) is 93.7 Å². The van der Waals surface area contributed by atoms with Gasteiger partial charge >= 0.3 is 0 Å². The van der Waals surface area contributed by atoms with Crippen molar-refractivity contribution in [3.8, 4) is 11.5 Å². The van der Waals surface area contributed by atoms with Gasteiger partial charge in [-0.2, -0.15) is 0 Å². The summed E-state index contributed by atoms with van der Waals surface area (Å²) in [5.74, 6) is 0.736. The van der Waals surface area contributed by atoms with Crippen LogP contribution in [0.25, 0.3) is 0 Å². The van der Waals surface area contributed by atoms with Crippen LogP contribution in [0.4, 0.5) is 5.69 Å². The minimum atomic E-state index is -3.86. The first-order chi connectivity index (χ1) is 12.3. The fourth-order valence-corrected chi connectivity index (χ4v) is 3.60. The van der Waals surface area contributed by atoms with Crippen molar-refractivity contribution in [1.29, 1.82) is 0 Å². The average molecular weight is 376 g/mol. The minimum Gasteiger partial charge on any atom is -0.454 e. The zero-order valence-electron chi connectivity index (χ0n) is 14.7. The molecule has 138 valence electrons. The normalized spacial score (nSPS) is 12.9. The third-order valence-electron chi connectivity index (χ3n) is 3.81. The molecule has 7 nitrogen and oxygen atoms in total. The molecule has 2 aromatic carbocycles. The first-order valence-corrected chi connectivity index (χ1v) is 9.58. The van der Waals surface area contributed by atoms with Crippen molar-refractivity contribution in [2.24, 2.45) is 0 Å². The quantitative estimate of drug-likeness (QED) is 0.837. The lowest BCUT2D eigenvalue weighted by Gasteiger charge is -2.13. The summed E-state index contributed by atoms with van der Waals surface area (Å²) in [4.78, 5) is 12.3. The van der Waals surface area contributed by atoms with Gasteiger partial charge < -0.3 is 14.8 Å². The van der Waals surface area contributed by atoms with Crippen molar-refractivity contribution in [2.45, 2.75) is 31.7 Å². The molecule has 1 amide bonds. The number of anilines is 1. The molecule has 0 saturated carbocycles. The van der Waals surface area contributed by atoms with E-state index in [9.17, 15) is 13.2 Å². The molecule has 1 aliphatic rings. The number of carbonyl (C=O) groups is 1. The van der Waals surface area contributed by atoms with E-state index in [0.717, 1.165) is 0 Å². The molecular weight excluding hydrogens is 356 g/mol. The van der Waals surface area contributed by atoms with Gasteiger partial charge in [-0.05, 0) is 50.6 Å². The van der Waals surface area contributed by atoms with Gasteiger partial charge in [-0.1, -0.05) is 6.07 Å². The van der Waals surface area contributed by atoms with Gasteiger partial charge in [0.2, 0.25) is 6.79 Å². The van der Waals surface area contributed by atoms with Crippen LogP contribution < -0.4 is 19.5 Å². The summed E-state index contributed by atoms with van der Waals surface area (Å²) >= 11 is 0. The standard InChI is InChI=1S/C18H20N2O5S/c1-11(2)19-18(21)15-9-14(6-4-12(15)3)26(22,23)20-13-5-7-16-17(8-13)25-10-24-16/h4-9,11,20H,10H2,1-3H3,(H,19,21). The lowest BCUT2D eigenvalue weighted by molar-refractivity contribution is 0.0942. The van der Waals surface area contributed by atoms with Crippen LogP contribution in [0.5, 0.6) is 11.5 Å². The van der Waals surface area contributed by atoms with Crippen LogP contribution >= 0.6 is 0 Å². The van der Waals surface area contributed by atoms with Gasteiger partial charge in [0.05, 0.1) is 10.6 Å². The van der Waals surface area contributed by atoms with E-state index in [1.165, 1.54) is 12.1 Å². The molecular formula is C18H20N2O5S. The first-order valence-electron chi connectivity index (χ1n) is 8.10. The maximum atomic E-state index is 12.7. The van der Waals surface area contributed by atoms with Crippen molar-refractivity contribution in [3.63, 3.8) is 0 Å². The molecule has 0 aromatic heterocycles. The van der Waals surface area contributed by atoms with E-state index in [4.69, 9.17) is 9.47 Å². The summed E-state index contributed by atoms with van der Waals surface area (Å²) in [7, 11) is -3.86. The fraction of sp³-hybridized carbons (Fsp3) is 0.278. The highest BCUT2D eigenvalue weighted by molar-refractivity contribution is 7.92. The zero-order valence-corrected chi connectivity index (χ0v) is 15.5. The highest BCUT2D eigenvalue weighted by Crippen LogP contribution is 2.34. The number of carbonyl (C=O) groups excluding carboxylic acids is 1. The van der Waals surface area contributed by atoms with E-state index in [1.54, 1.807) is 31.2 Å². The molecule has 2 aromatic rings. The van der Waals surface area contributed by atoms with Gasteiger partial charge in [-0.3, -0.25) is 9.52 Å². The molecule has 0 atom stereocenters. The second-order valence-corrected chi connectivity index (χ2v) is 7.96. The predicted octanol–water partition coefficient (Wildman–Crippen LogP) is 2.66. The lowest BCUT2D eigenvalue weighted by atomic mass is 10.1. The molecule has 26 heavy (non-hydrogen) atoms. The predicted molar refractivity (Wildman–Crippen MR) is 97.2 cm³/mol. The molecule has 0 fully saturated rings. The highest BCUT2D eigenvalue weighted by Gasteiger charge is 2.20. The van der Waals surface area contributed by atoms with Crippen molar-refractivity contribution in [3.05, 3.63) is 47.5 Å². The molecule has 0 aliphatic carbocycles. The van der Waals surface area contributed by atoms with Crippen LogP contribution in [-0.4, -0.2) is 27.2 Å². The summed E-state index contributed by atoms with van der Waals surface area (Å²) in [6, 6.07) is 9.19. The number of amides is 1. The van der Waals surface area contributed by atoms with Crippen LogP contribution in [-0.2, 0) is 10.0 Å². The number of hydrogen-bond acceptors (Lipinski definition) is 5. The molecule has 3 rings (SSSR count). The lowest BCUT2D eigenvalue weighted by Crippen LogP contribution is -2.30. The van der Waals surface area contributed by atoms with E-state index in [0.29, 0.717) is 28.3 Å². The SMILES string of the molecule is Cc1ccc(S(=O)(=O)Nc2ccc3c(c2)OCO3)cc1C(=O)NC(C)C. The van der Waals surface area contributed by atoms with Crippen LogP contribution in [0, 0.1) is 6.92 Å². The summed E-state index contributed by atoms with van der Waals surface area (Å²) in [5, 5.41) is 2.77. The van der Waals surface area contributed by atoms with E-state index in [-0.39, 0.29) is 23.6 Å². The Morgan fingerprint density at radius 2 is 1.81 bits per heavy atom. The molecule has 0 bridgehead atoms. The Bertz CT molecular complexity index is 954. The summed E-state index contributed by atoms with van der Waals surface area (Å²) in [6.45, 7) is 5.55. The number of benzene rings is 2. The second kappa shape index (κ2) is 6.87. The van der Waals surface area contributed by atoms with Gasteiger partial charge in [-0.25, -0.2) is 8.42 Å². The molecule has 0 spiro atoms. The van der Waals surface area contributed by atoms with Crippen LogP contribution in [0.1, 0.15) is 29.8 Å². The summed E-state index contributed by atoms with van der Waals surface area (Å²) in [5.41, 5.74) is 1.38. The van der Waals surface area contributed by atoms with Gasteiger partial charge in [0.15, 0.2) is 11.5 Å². The van der Waals surface area contributed by atoms with E-state index >= 15 is 0 Å². The van der Waals surface area contributed by atoms with Crippen molar-refractivity contribution < 1.29 is 22.7 Å². The maximum absolute atomic E-state index is 12.7. The largest absolute Gasteiger partial charge is 0.454 e. The Labute approximate surface area is 152 Å². The Hall–Kier alpha value is -2.74. The molecule has 1 heterocycles. The van der Waals surface area contributed by atoms with Crippen LogP contribution in [0.15, 0.2) is 41.3 Å². The highest BCUT2D eigenvalue weighted by atomic mass is 32.2. The maximum Gasteiger partial charge on any atom is 0.261 e. The summed E-state index contributed by atoms with van der Waals surface area (Å²) < 4.78 is 38.3. The number of aryl methyl sites for hydroxylation is 1. The van der Waals surface area contributed by atoms with Gasteiger partial charge in [0.25, 0.3) is 15.9 Å². The molecule has 1 aliphatic heterocycles. The number of ether oxygens (including phenoxy) is 2. The van der Waals surface area contributed by atoms with Crippen LogP contribution in [0.2, 0.25) is 0 Å². The average Bonchev–Trinajstić information content (AvgIpc) is 3.01. The molecule has 0 unspecified atom stereocenters. The van der Waals surface area contributed by atoms with Crippen molar-refractivity contribution in [1.82, 2.24) is 5.32 Å². The van der Waals surface area contributed by atoms with Crippen molar-refractivity contribution in [2.75, 3.05) is 11.5 Å².